The van der Waals surface area contributed by atoms with Crippen LogP contribution in [-0.4, -0.2) is 53.7 Å². The molecule has 2 amide bonds. The number of alkyl carbamates (subject to hydrolysis) is 1. The van der Waals surface area contributed by atoms with Crippen LogP contribution in [0.15, 0.2) is 61.2 Å². The van der Waals surface area contributed by atoms with E-state index in [-0.39, 0.29) is 19.1 Å². The van der Waals surface area contributed by atoms with Gasteiger partial charge < -0.3 is 20.1 Å². The number of fused-ring (bicyclic) bond motifs is 3. The summed E-state index contributed by atoms with van der Waals surface area (Å²) in [7, 11) is 0. The Morgan fingerprint density at radius 2 is 1.73 bits per heavy atom. The third kappa shape index (κ3) is 5.80. The fourth-order valence-electron chi connectivity index (χ4n) is 4.22. The number of nitrogens with zero attached hydrogens (tertiary/aromatic N) is 1. The molecule has 2 aromatic rings. The van der Waals surface area contributed by atoms with Gasteiger partial charge in [0.25, 0.3) is 0 Å². The molecule has 0 unspecified atom stereocenters. The first kappa shape index (κ1) is 24.0. The van der Waals surface area contributed by atoms with Crippen LogP contribution in [0.4, 0.5) is 4.79 Å². The summed E-state index contributed by atoms with van der Waals surface area (Å²) in [4.78, 5) is 37.9. The molecule has 0 saturated heterocycles. The summed E-state index contributed by atoms with van der Waals surface area (Å²) < 4.78 is 5.56. The highest BCUT2D eigenvalue weighted by atomic mass is 16.5. The normalized spacial score (nSPS) is 12.9. The summed E-state index contributed by atoms with van der Waals surface area (Å²) in [5.41, 5.74) is 4.46. The molecule has 7 heteroatoms. The Hall–Kier alpha value is -3.61. The van der Waals surface area contributed by atoms with Gasteiger partial charge in [0.15, 0.2) is 0 Å². The van der Waals surface area contributed by atoms with E-state index in [9.17, 15) is 14.4 Å². The summed E-state index contributed by atoms with van der Waals surface area (Å²) in [6.07, 6.45) is 2.70. The van der Waals surface area contributed by atoms with Crippen LogP contribution >= 0.6 is 0 Å². The molecule has 0 spiro atoms. The lowest BCUT2D eigenvalue weighted by atomic mass is 9.98. The summed E-state index contributed by atoms with van der Waals surface area (Å²) >= 11 is 0. The first-order valence-corrected chi connectivity index (χ1v) is 11.2. The Morgan fingerprint density at radius 1 is 1.12 bits per heavy atom. The van der Waals surface area contributed by atoms with E-state index in [4.69, 9.17) is 9.84 Å². The van der Waals surface area contributed by atoms with Crippen LogP contribution in [0.2, 0.25) is 0 Å². The van der Waals surface area contributed by atoms with Gasteiger partial charge in [-0.2, -0.15) is 0 Å². The third-order valence-corrected chi connectivity index (χ3v) is 5.77. The molecule has 174 valence electrons. The molecule has 0 fully saturated rings. The lowest BCUT2D eigenvalue weighted by Crippen LogP contribution is -2.50. The van der Waals surface area contributed by atoms with Gasteiger partial charge in [0.1, 0.15) is 19.2 Å². The van der Waals surface area contributed by atoms with Crippen LogP contribution in [0.25, 0.3) is 11.1 Å². The highest BCUT2D eigenvalue weighted by Crippen LogP contribution is 2.44. The predicted molar refractivity (Wildman–Crippen MR) is 126 cm³/mol. The maximum atomic E-state index is 12.9. The van der Waals surface area contributed by atoms with E-state index in [1.165, 1.54) is 11.0 Å². The van der Waals surface area contributed by atoms with Gasteiger partial charge in [-0.05, 0) is 28.7 Å². The standard InChI is InChI=1S/C26H30N2O5/c1-3-5-14-23(25(31)28(15-4-2)16-24(29)30)27-26(32)33-17-22-20-12-8-6-10-18(20)19-11-7-9-13-21(19)22/h4,6-13,22-23H,2-3,5,14-17H2,1H3,(H,27,32)(H,29,30)/t23-/m0/s1. The van der Waals surface area contributed by atoms with E-state index >= 15 is 0 Å². The van der Waals surface area contributed by atoms with Gasteiger partial charge in [-0.15, -0.1) is 6.58 Å². The minimum absolute atomic E-state index is 0.0835. The van der Waals surface area contributed by atoms with E-state index < -0.39 is 30.6 Å². The number of aliphatic carboxylic acids is 1. The molecule has 0 bridgehead atoms. The zero-order chi connectivity index (χ0) is 23.8. The number of benzene rings is 2. The molecule has 3 rings (SSSR count). The Bertz CT molecular complexity index is 974. The molecular weight excluding hydrogens is 420 g/mol. The molecule has 33 heavy (non-hydrogen) atoms. The monoisotopic (exact) mass is 450 g/mol. The number of hydrogen-bond donors (Lipinski definition) is 2. The van der Waals surface area contributed by atoms with E-state index in [1.807, 2.05) is 43.3 Å². The zero-order valence-corrected chi connectivity index (χ0v) is 18.8. The summed E-state index contributed by atoms with van der Waals surface area (Å²) in [5, 5.41) is 11.8. The molecule has 1 aliphatic carbocycles. The molecule has 0 saturated carbocycles. The Labute approximate surface area is 194 Å². The number of ether oxygens (including phenoxy) is 1. The quantitative estimate of drug-likeness (QED) is 0.501. The maximum Gasteiger partial charge on any atom is 0.407 e. The Morgan fingerprint density at radius 3 is 2.27 bits per heavy atom. The average Bonchev–Trinajstić information content (AvgIpc) is 3.13. The van der Waals surface area contributed by atoms with Crippen LogP contribution in [0.5, 0.6) is 0 Å². The largest absolute Gasteiger partial charge is 0.480 e. The second-order valence-electron chi connectivity index (χ2n) is 8.07. The molecular formula is C26H30N2O5. The van der Waals surface area contributed by atoms with Crippen LogP contribution in [0.1, 0.15) is 43.2 Å². The van der Waals surface area contributed by atoms with Gasteiger partial charge in [0, 0.05) is 12.5 Å². The predicted octanol–water partition coefficient (Wildman–Crippen LogP) is 4.18. The smallest absolute Gasteiger partial charge is 0.407 e. The molecule has 0 aromatic heterocycles. The van der Waals surface area contributed by atoms with Crippen LogP contribution in [0, 0.1) is 0 Å². The Balaban J connectivity index is 1.69. The van der Waals surface area contributed by atoms with Crippen LogP contribution in [-0.2, 0) is 14.3 Å². The fraction of sp³-hybridized carbons (Fsp3) is 0.346. The first-order valence-electron chi connectivity index (χ1n) is 11.2. The minimum atomic E-state index is -1.12. The van der Waals surface area contributed by atoms with Gasteiger partial charge in [-0.1, -0.05) is 74.4 Å². The van der Waals surface area contributed by atoms with Gasteiger partial charge in [0.2, 0.25) is 5.91 Å². The van der Waals surface area contributed by atoms with Crippen LogP contribution in [0.3, 0.4) is 0 Å². The van der Waals surface area contributed by atoms with Gasteiger partial charge in [-0.25, -0.2) is 4.79 Å². The number of unbranched alkanes of at least 4 members (excludes halogenated alkanes) is 1. The van der Waals surface area contributed by atoms with Crippen LogP contribution < -0.4 is 5.32 Å². The van der Waals surface area contributed by atoms with E-state index in [0.717, 1.165) is 28.7 Å². The Kier molecular flexibility index (Phi) is 8.24. The highest BCUT2D eigenvalue weighted by Gasteiger charge is 2.30. The molecule has 0 heterocycles. The van der Waals surface area contributed by atoms with Crippen molar-refractivity contribution in [3.8, 4) is 11.1 Å². The summed E-state index contributed by atoms with van der Waals surface area (Å²) in [6, 6.07) is 15.2. The number of carboxylic acid groups (broad SMARTS) is 1. The van der Waals surface area contributed by atoms with Crippen molar-refractivity contribution in [2.24, 2.45) is 0 Å². The van der Waals surface area contributed by atoms with Crippen molar-refractivity contribution in [3.05, 3.63) is 72.3 Å². The van der Waals surface area contributed by atoms with Crippen molar-refractivity contribution in [2.45, 2.75) is 38.1 Å². The number of rotatable bonds is 11. The van der Waals surface area contributed by atoms with Crippen molar-refractivity contribution in [1.82, 2.24) is 10.2 Å². The van der Waals surface area contributed by atoms with Gasteiger partial charge >= 0.3 is 12.1 Å². The fourth-order valence-corrected chi connectivity index (χ4v) is 4.22. The number of carbonyl (C=O) groups excluding carboxylic acids is 2. The topological polar surface area (TPSA) is 95.9 Å². The number of hydrogen-bond acceptors (Lipinski definition) is 4. The van der Waals surface area contributed by atoms with E-state index in [0.29, 0.717) is 12.8 Å². The molecule has 1 aliphatic rings. The molecule has 0 radical (unpaired) electrons. The number of carbonyl (C=O) groups is 3. The lowest BCUT2D eigenvalue weighted by molar-refractivity contribution is -0.144. The van der Waals surface area contributed by atoms with Crippen molar-refractivity contribution < 1.29 is 24.2 Å². The second-order valence-corrected chi connectivity index (χ2v) is 8.07. The SMILES string of the molecule is C=CCN(CC(=O)O)C(=O)[C@H](CCCC)NC(=O)OCC1c2ccccc2-c2ccccc21. The summed E-state index contributed by atoms with van der Waals surface area (Å²) in [5.74, 6) is -1.67. The van der Waals surface area contributed by atoms with Crippen molar-refractivity contribution >= 4 is 18.0 Å². The van der Waals surface area contributed by atoms with Crippen molar-refractivity contribution in [1.29, 1.82) is 0 Å². The lowest BCUT2D eigenvalue weighted by Gasteiger charge is -2.26. The molecule has 2 N–H and O–H groups in total. The van der Waals surface area contributed by atoms with Crippen molar-refractivity contribution in [3.63, 3.8) is 0 Å². The van der Waals surface area contributed by atoms with Crippen molar-refractivity contribution in [2.75, 3.05) is 19.7 Å². The molecule has 7 nitrogen and oxygen atoms in total. The van der Waals surface area contributed by atoms with Gasteiger partial charge in [-0.3, -0.25) is 9.59 Å². The average molecular weight is 451 g/mol. The first-order chi connectivity index (χ1) is 16.0. The third-order valence-electron chi connectivity index (χ3n) is 5.77. The number of nitrogens with one attached hydrogen (secondary N) is 1. The van der Waals surface area contributed by atoms with E-state index in [2.05, 4.69) is 24.0 Å². The second kappa shape index (κ2) is 11.3. The zero-order valence-electron chi connectivity index (χ0n) is 18.8. The molecule has 1 atom stereocenters. The number of carboxylic acids is 1. The number of amides is 2. The van der Waals surface area contributed by atoms with Gasteiger partial charge in [0.05, 0.1) is 0 Å². The molecule has 0 aliphatic heterocycles. The highest BCUT2D eigenvalue weighted by molar-refractivity contribution is 5.88. The summed E-state index contributed by atoms with van der Waals surface area (Å²) in [6.45, 7) is 5.33. The molecule has 2 aromatic carbocycles. The van der Waals surface area contributed by atoms with E-state index in [1.54, 1.807) is 0 Å². The maximum absolute atomic E-state index is 12.9. The minimum Gasteiger partial charge on any atom is -0.480 e.